The highest BCUT2D eigenvalue weighted by Crippen LogP contribution is 2.58. The SMILES string of the molecule is C=CCCC(=O)OC[C@@H](NC(=O)[C@@H]1[C@H]2C(=O)N(CCO)[C@H](C(=O)N(CC=C)Cc3ccccc3)[C@]23CC[C@H]1O3)c1ccccc1. The van der Waals surface area contributed by atoms with Crippen LogP contribution >= 0.6 is 0 Å². The van der Waals surface area contributed by atoms with Crippen molar-refractivity contribution in [1.29, 1.82) is 0 Å². The van der Waals surface area contributed by atoms with E-state index in [2.05, 4.69) is 18.5 Å². The number of β-amino-alcohol motifs (C(OH)–C–C–N with tert-alkyl or cyclic N) is 1. The number of hydrogen-bond donors (Lipinski definition) is 2. The maximum Gasteiger partial charge on any atom is 0.306 e. The van der Waals surface area contributed by atoms with E-state index in [1.165, 1.54) is 4.90 Å². The number of carbonyl (C=O) groups is 4. The Hall–Kier alpha value is -4.28. The third-order valence-corrected chi connectivity index (χ3v) is 9.04. The molecule has 3 aliphatic heterocycles. The van der Waals surface area contributed by atoms with Gasteiger partial charge in [0.25, 0.3) is 0 Å². The zero-order valence-corrected chi connectivity index (χ0v) is 25.4. The zero-order chi connectivity index (χ0) is 32.0. The van der Waals surface area contributed by atoms with E-state index in [0.717, 1.165) is 11.1 Å². The minimum Gasteiger partial charge on any atom is -0.463 e. The topological polar surface area (TPSA) is 125 Å². The molecule has 2 N–H and O–H groups in total. The maximum atomic E-state index is 14.3. The molecule has 3 amide bonds. The van der Waals surface area contributed by atoms with Gasteiger partial charge in [-0.25, -0.2) is 0 Å². The molecule has 10 nitrogen and oxygen atoms in total. The summed E-state index contributed by atoms with van der Waals surface area (Å²) in [6.07, 6.45) is 4.32. The number of fused-ring (bicyclic) bond motifs is 1. The average Bonchev–Trinajstić information content (AvgIpc) is 3.70. The smallest absolute Gasteiger partial charge is 0.306 e. The molecule has 0 aliphatic carbocycles. The predicted molar refractivity (Wildman–Crippen MR) is 166 cm³/mol. The number of benzene rings is 2. The minimum absolute atomic E-state index is 0.0591. The Morgan fingerprint density at radius 2 is 1.82 bits per heavy atom. The summed E-state index contributed by atoms with van der Waals surface area (Å²) in [5.74, 6) is -3.24. The molecule has 3 aliphatic rings. The molecule has 3 heterocycles. The number of nitrogens with zero attached hydrogens (tertiary/aromatic N) is 2. The first kappa shape index (κ1) is 32.1. The molecule has 0 radical (unpaired) electrons. The fraction of sp³-hybridized carbons (Fsp3) is 0.429. The van der Waals surface area contributed by atoms with E-state index in [-0.39, 0.29) is 44.5 Å². The van der Waals surface area contributed by atoms with E-state index in [0.29, 0.717) is 25.8 Å². The second-order valence-corrected chi connectivity index (χ2v) is 11.8. The number of carbonyl (C=O) groups excluding carboxylic acids is 4. The lowest BCUT2D eigenvalue weighted by atomic mass is 9.70. The summed E-state index contributed by atoms with van der Waals surface area (Å²) in [7, 11) is 0. The van der Waals surface area contributed by atoms with Crippen molar-refractivity contribution in [3.63, 3.8) is 0 Å². The van der Waals surface area contributed by atoms with Crippen LogP contribution in [0, 0.1) is 11.8 Å². The molecule has 6 atom stereocenters. The summed E-state index contributed by atoms with van der Waals surface area (Å²) >= 11 is 0. The van der Waals surface area contributed by atoms with Crippen molar-refractivity contribution in [2.24, 2.45) is 11.8 Å². The number of nitrogens with one attached hydrogen (secondary N) is 1. The highest BCUT2D eigenvalue weighted by atomic mass is 16.5. The van der Waals surface area contributed by atoms with E-state index >= 15 is 0 Å². The Morgan fingerprint density at radius 3 is 2.49 bits per heavy atom. The van der Waals surface area contributed by atoms with Gasteiger partial charge in [-0.2, -0.15) is 0 Å². The minimum atomic E-state index is -1.20. The maximum absolute atomic E-state index is 14.3. The molecular formula is C35H41N3O7. The summed E-state index contributed by atoms with van der Waals surface area (Å²) in [6, 6.07) is 17.1. The van der Waals surface area contributed by atoms with Crippen molar-refractivity contribution in [1.82, 2.24) is 15.1 Å². The third-order valence-electron chi connectivity index (χ3n) is 9.04. The van der Waals surface area contributed by atoms with Gasteiger partial charge in [0.2, 0.25) is 17.7 Å². The van der Waals surface area contributed by atoms with Crippen molar-refractivity contribution < 1.29 is 33.8 Å². The number of rotatable bonds is 15. The first-order valence-electron chi connectivity index (χ1n) is 15.5. The van der Waals surface area contributed by atoms with Gasteiger partial charge in [-0.15, -0.1) is 13.2 Å². The molecule has 2 aromatic rings. The van der Waals surface area contributed by atoms with Crippen molar-refractivity contribution in [2.45, 2.75) is 56.0 Å². The Kier molecular flexibility index (Phi) is 10.1. The number of ether oxygens (including phenoxy) is 2. The number of aliphatic hydroxyl groups excluding tert-OH is 1. The molecule has 5 rings (SSSR count). The molecule has 1 spiro atoms. The van der Waals surface area contributed by atoms with Crippen LogP contribution in [-0.4, -0.2) is 82.6 Å². The van der Waals surface area contributed by atoms with Crippen molar-refractivity contribution in [3.8, 4) is 0 Å². The summed E-state index contributed by atoms with van der Waals surface area (Å²) in [6.45, 7) is 7.54. The lowest BCUT2D eigenvalue weighted by molar-refractivity contribution is -0.149. The lowest BCUT2D eigenvalue weighted by Gasteiger charge is -2.36. The Bertz CT molecular complexity index is 1400. The molecule has 0 saturated carbocycles. The largest absolute Gasteiger partial charge is 0.463 e. The Balaban J connectivity index is 1.41. The van der Waals surface area contributed by atoms with Crippen LogP contribution in [0.25, 0.3) is 0 Å². The normalized spacial score (nSPS) is 25.4. The number of allylic oxidation sites excluding steroid dienone is 1. The Morgan fingerprint density at radius 1 is 1.11 bits per heavy atom. The molecule has 2 bridgehead atoms. The van der Waals surface area contributed by atoms with Crippen LogP contribution in [0.5, 0.6) is 0 Å². The number of aliphatic hydroxyl groups is 1. The quantitative estimate of drug-likeness (QED) is 0.233. The molecule has 45 heavy (non-hydrogen) atoms. The molecule has 0 aromatic heterocycles. The van der Waals surface area contributed by atoms with Gasteiger partial charge in [-0.3, -0.25) is 19.2 Å². The lowest BCUT2D eigenvalue weighted by Crippen LogP contribution is -2.56. The van der Waals surface area contributed by atoms with Crippen LogP contribution in [0.4, 0.5) is 0 Å². The van der Waals surface area contributed by atoms with Crippen molar-refractivity contribution in [3.05, 3.63) is 97.1 Å². The van der Waals surface area contributed by atoms with Gasteiger partial charge in [0.05, 0.1) is 30.6 Å². The zero-order valence-electron chi connectivity index (χ0n) is 25.4. The van der Waals surface area contributed by atoms with Crippen LogP contribution < -0.4 is 5.32 Å². The van der Waals surface area contributed by atoms with Gasteiger partial charge in [0.15, 0.2) is 0 Å². The molecule has 3 fully saturated rings. The van der Waals surface area contributed by atoms with Crippen LogP contribution in [0.2, 0.25) is 0 Å². The van der Waals surface area contributed by atoms with Crippen molar-refractivity contribution in [2.75, 3.05) is 26.3 Å². The summed E-state index contributed by atoms with van der Waals surface area (Å²) in [5, 5.41) is 13.0. The molecule has 3 saturated heterocycles. The average molecular weight is 616 g/mol. The van der Waals surface area contributed by atoms with Crippen LogP contribution in [0.3, 0.4) is 0 Å². The summed E-state index contributed by atoms with van der Waals surface area (Å²) in [5.41, 5.74) is 0.464. The highest BCUT2D eigenvalue weighted by molar-refractivity contribution is 5.99. The second-order valence-electron chi connectivity index (χ2n) is 11.8. The van der Waals surface area contributed by atoms with Gasteiger partial charge in [0, 0.05) is 26.1 Å². The van der Waals surface area contributed by atoms with Gasteiger partial charge in [-0.05, 0) is 30.4 Å². The fourth-order valence-corrected chi connectivity index (χ4v) is 7.09. The second kappa shape index (κ2) is 14.2. The fourth-order valence-electron chi connectivity index (χ4n) is 7.09. The summed E-state index contributed by atoms with van der Waals surface area (Å²) in [4.78, 5) is 57.8. The number of amides is 3. The summed E-state index contributed by atoms with van der Waals surface area (Å²) < 4.78 is 12.0. The molecular weight excluding hydrogens is 574 g/mol. The number of hydrogen-bond acceptors (Lipinski definition) is 7. The third kappa shape index (κ3) is 6.43. The van der Waals surface area contributed by atoms with Gasteiger partial charge in [-0.1, -0.05) is 72.8 Å². The molecule has 0 unspecified atom stereocenters. The van der Waals surface area contributed by atoms with E-state index in [1.54, 1.807) is 17.1 Å². The van der Waals surface area contributed by atoms with Crippen LogP contribution in [-0.2, 0) is 35.2 Å². The van der Waals surface area contributed by atoms with E-state index < -0.39 is 47.5 Å². The van der Waals surface area contributed by atoms with Gasteiger partial charge < -0.3 is 29.7 Å². The van der Waals surface area contributed by atoms with E-state index in [1.807, 2.05) is 60.7 Å². The number of likely N-dealkylation sites (tertiary alicyclic amines) is 1. The number of esters is 1. The molecule has 10 heteroatoms. The first-order chi connectivity index (χ1) is 21.8. The molecule has 2 aromatic carbocycles. The highest BCUT2D eigenvalue weighted by Gasteiger charge is 2.74. The Labute approximate surface area is 263 Å². The van der Waals surface area contributed by atoms with E-state index in [9.17, 15) is 24.3 Å². The molecule has 238 valence electrons. The van der Waals surface area contributed by atoms with Crippen molar-refractivity contribution >= 4 is 23.7 Å². The van der Waals surface area contributed by atoms with Crippen LogP contribution in [0.1, 0.15) is 42.9 Å². The first-order valence-corrected chi connectivity index (χ1v) is 15.5. The predicted octanol–water partition coefficient (Wildman–Crippen LogP) is 2.94. The van der Waals surface area contributed by atoms with E-state index in [4.69, 9.17) is 9.47 Å². The monoisotopic (exact) mass is 615 g/mol. The van der Waals surface area contributed by atoms with Gasteiger partial charge >= 0.3 is 5.97 Å². The van der Waals surface area contributed by atoms with Gasteiger partial charge in [0.1, 0.15) is 18.2 Å². The standard InChI is InChI=1S/C35H41N3O7/c1-3-5-16-28(40)44-23-26(25-14-10-7-11-15-25)36-32(41)29-27-17-18-35(45-27)30(29)33(42)38(20-21-39)31(35)34(43)37(19-4-2)22-24-12-8-6-9-13-24/h3-4,6-15,26-27,29-31,39H,1-2,5,16-23H2,(H,36,41)/t26-,27-,29+,30+,31-,35+/m1/s1. The van der Waals surface area contributed by atoms with Crippen LogP contribution in [0.15, 0.2) is 86.0 Å².